The van der Waals surface area contributed by atoms with E-state index in [4.69, 9.17) is 0 Å². The maximum absolute atomic E-state index is 12.0. The summed E-state index contributed by atoms with van der Waals surface area (Å²) in [7, 11) is 2.11. The first-order valence-electron chi connectivity index (χ1n) is 6.57. The Kier molecular flexibility index (Phi) is 6.56. The molecular formula is C16H11N3O6. The lowest BCUT2D eigenvalue weighted by Gasteiger charge is -2.11. The van der Waals surface area contributed by atoms with Gasteiger partial charge in [-0.1, -0.05) is 12.1 Å². The molecule has 0 saturated heterocycles. The summed E-state index contributed by atoms with van der Waals surface area (Å²) in [5, 5.41) is 29.3. The molecule has 9 nitrogen and oxygen atoms in total. The second-order valence-electron chi connectivity index (χ2n) is 4.35. The monoisotopic (exact) mass is 341 g/mol. The van der Waals surface area contributed by atoms with Crippen molar-refractivity contribution in [3.8, 4) is 12.1 Å². The average molecular weight is 341 g/mol. The van der Waals surface area contributed by atoms with Gasteiger partial charge in [-0.2, -0.15) is 10.5 Å². The smallest absolute Gasteiger partial charge is 0.338 e. The number of non-ortho nitro benzene ring substituents is 1. The number of hydrogen-bond acceptors (Lipinski definition) is 8. The molecule has 1 aromatic carbocycles. The number of nitro groups is 1. The van der Waals surface area contributed by atoms with Gasteiger partial charge in [-0.05, 0) is 5.56 Å². The van der Waals surface area contributed by atoms with Crippen molar-refractivity contribution in [1.29, 1.82) is 10.5 Å². The van der Waals surface area contributed by atoms with Gasteiger partial charge in [0.2, 0.25) is 0 Å². The number of ether oxygens (including phenoxy) is 2. The van der Waals surface area contributed by atoms with Gasteiger partial charge in [-0.15, -0.1) is 0 Å². The Bertz CT molecular complexity index is 855. The first kappa shape index (κ1) is 19.1. The maximum Gasteiger partial charge on any atom is 0.338 e. The summed E-state index contributed by atoms with van der Waals surface area (Å²) in [4.78, 5) is 33.9. The Morgan fingerprint density at radius 3 is 2.32 bits per heavy atom. The zero-order valence-electron chi connectivity index (χ0n) is 13.2. The summed E-state index contributed by atoms with van der Waals surface area (Å²) >= 11 is 0. The van der Waals surface area contributed by atoms with Crippen molar-refractivity contribution < 1.29 is 24.0 Å². The molecule has 0 aliphatic carbocycles. The van der Waals surface area contributed by atoms with Gasteiger partial charge < -0.3 is 9.47 Å². The fourth-order valence-corrected chi connectivity index (χ4v) is 1.87. The molecule has 0 radical (unpaired) electrons. The molecule has 0 heterocycles. The van der Waals surface area contributed by atoms with Crippen LogP contribution in [0.15, 0.2) is 41.5 Å². The molecule has 0 saturated carbocycles. The van der Waals surface area contributed by atoms with Crippen molar-refractivity contribution in [2.24, 2.45) is 0 Å². The Labute approximate surface area is 142 Å². The van der Waals surface area contributed by atoms with Gasteiger partial charge in [-0.3, -0.25) is 10.1 Å². The molecule has 0 bridgehead atoms. The van der Waals surface area contributed by atoms with E-state index in [9.17, 15) is 30.2 Å². The molecule has 0 N–H and O–H groups in total. The zero-order valence-corrected chi connectivity index (χ0v) is 13.2. The number of hydrogen-bond donors (Lipinski definition) is 0. The lowest BCUT2D eigenvalue weighted by Crippen LogP contribution is -2.11. The van der Waals surface area contributed by atoms with Crippen molar-refractivity contribution in [3.63, 3.8) is 0 Å². The van der Waals surface area contributed by atoms with Gasteiger partial charge in [0.05, 0.1) is 24.7 Å². The Hall–Kier alpha value is -3.98. The highest BCUT2D eigenvalue weighted by Gasteiger charge is 2.24. The van der Waals surface area contributed by atoms with Gasteiger partial charge in [0.25, 0.3) is 5.69 Å². The van der Waals surface area contributed by atoms with E-state index >= 15 is 0 Å². The van der Waals surface area contributed by atoms with Crippen LogP contribution in [-0.4, -0.2) is 31.1 Å². The summed E-state index contributed by atoms with van der Waals surface area (Å²) in [5.74, 6) is -1.95. The maximum atomic E-state index is 12.0. The third kappa shape index (κ3) is 4.50. The summed E-state index contributed by atoms with van der Waals surface area (Å²) in [6.45, 7) is 0. The standard InChI is InChI=1S/C16H11N3O6/c1-24-14(20)7-13(16(21)25-2)15(11(8-17)9-18)10-4-3-5-12(6-10)19(22)23/h3-7H,1-2H3/b13-7+. The third-order valence-electron chi connectivity index (χ3n) is 2.96. The lowest BCUT2D eigenvalue weighted by molar-refractivity contribution is -0.384. The molecule has 0 amide bonds. The van der Waals surface area contributed by atoms with Crippen molar-refractivity contribution in [1.82, 2.24) is 0 Å². The van der Waals surface area contributed by atoms with Gasteiger partial charge in [-0.25, -0.2) is 9.59 Å². The van der Waals surface area contributed by atoms with E-state index < -0.39 is 28.0 Å². The number of esters is 2. The molecule has 126 valence electrons. The molecule has 0 aliphatic rings. The van der Waals surface area contributed by atoms with Crippen LogP contribution in [0.3, 0.4) is 0 Å². The highest BCUT2D eigenvalue weighted by molar-refractivity contribution is 6.12. The quantitative estimate of drug-likeness (QED) is 0.196. The number of carbonyl (C=O) groups is 2. The van der Waals surface area contributed by atoms with Gasteiger partial charge in [0.15, 0.2) is 0 Å². The molecule has 0 aromatic heterocycles. The largest absolute Gasteiger partial charge is 0.466 e. The Morgan fingerprint density at radius 1 is 1.20 bits per heavy atom. The fourth-order valence-electron chi connectivity index (χ4n) is 1.87. The van der Waals surface area contributed by atoms with Gasteiger partial charge in [0, 0.05) is 23.8 Å². The normalized spacial score (nSPS) is 10.0. The number of nitrogens with zero attached hydrogens (tertiary/aromatic N) is 3. The van der Waals surface area contributed by atoms with Crippen molar-refractivity contribution in [2.75, 3.05) is 14.2 Å². The molecule has 1 aromatic rings. The number of carbonyl (C=O) groups excluding carboxylic acids is 2. The molecule has 9 heteroatoms. The number of rotatable bonds is 5. The zero-order chi connectivity index (χ0) is 19.0. The van der Waals surface area contributed by atoms with E-state index in [0.29, 0.717) is 0 Å². The van der Waals surface area contributed by atoms with Crippen LogP contribution in [0.25, 0.3) is 5.57 Å². The van der Waals surface area contributed by atoms with Gasteiger partial charge >= 0.3 is 11.9 Å². The van der Waals surface area contributed by atoms with Crippen LogP contribution in [0.1, 0.15) is 5.56 Å². The summed E-state index contributed by atoms with van der Waals surface area (Å²) in [6.07, 6.45) is 0.745. The van der Waals surface area contributed by atoms with E-state index in [0.717, 1.165) is 26.4 Å². The molecule has 25 heavy (non-hydrogen) atoms. The predicted octanol–water partition coefficient (Wildman–Crippen LogP) is 1.67. The molecule has 0 fully saturated rings. The number of nitro benzene ring substituents is 1. The molecular weight excluding hydrogens is 330 g/mol. The molecule has 0 spiro atoms. The summed E-state index contributed by atoms with van der Waals surface area (Å²) in [5.41, 5.74) is -1.54. The second kappa shape index (κ2) is 8.60. The van der Waals surface area contributed by atoms with Crippen molar-refractivity contribution >= 4 is 23.2 Å². The number of nitriles is 2. The van der Waals surface area contributed by atoms with Gasteiger partial charge in [0.1, 0.15) is 17.7 Å². The van der Waals surface area contributed by atoms with E-state index in [1.807, 2.05) is 0 Å². The minimum absolute atomic E-state index is 0.0212. The van der Waals surface area contributed by atoms with Crippen LogP contribution >= 0.6 is 0 Å². The molecule has 0 unspecified atom stereocenters. The van der Waals surface area contributed by atoms with Crippen LogP contribution < -0.4 is 0 Å². The topological polar surface area (TPSA) is 143 Å². The fraction of sp³-hybridized carbons (Fsp3) is 0.125. The number of methoxy groups -OCH3 is 2. The summed E-state index contributed by atoms with van der Waals surface area (Å²) < 4.78 is 9.03. The van der Waals surface area contributed by atoms with Crippen LogP contribution in [0.2, 0.25) is 0 Å². The van der Waals surface area contributed by atoms with Crippen LogP contribution in [-0.2, 0) is 19.1 Å². The average Bonchev–Trinajstić information content (AvgIpc) is 2.63. The number of allylic oxidation sites excluding steroid dienone is 1. The highest BCUT2D eigenvalue weighted by Crippen LogP contribution is 2.30. The lowest BCUT2D eigenvalue weighted by atomic mass is 9.93. The Morgan fingerprint density at radius 2 is 1.84 bits per heavy atom. The third-order valence-corrected chi connectivity index (χ3v) is 2.96. The van der Waals surface area contributed by atoms with Crippen molar-refractivity contribution in [2.45, 2.75) is 0 Å². The summed E-state index contributed by atoms with van der Waals surface area (Å²) in [6, 6.07) is 8.12. The van der Waals surface area contributed by atoms with E-state index in [1.165, 1.54) is 18.2 Å². The first-order chi connectivity index (χ1) is 11.9. The minimum Gasteiger partial charge on any atom is -0.466 e. The van der Waals surface area contributed by atoms with E-state index in [2.05, 4.69) is 9.47 Å². The molecule has 1 rings (SSSR count). The second-order valence-corrected chi connectivity index (χ2v) is 4.35. The van der Waals surface area contributed by atoms with Crippen LogP contribution in [0, 0.1) is 32.8 Å². The van der Waals surface area contributed by atoms with Crippen LogP contribution in [0.4, 0.5) is 5.69 Å². The minimum atomic E-state index is -1.02. The predicted molar refractivity (Wildman–Crippen MR) is 83.4 cm³/mol. The Balaban J connectivity index is 3.82. The molecule has 0 atom stereocenters. The van der Waals surface area contributed by atoms with E-state index in [-0.39, 0.29) is 16.8 Å². The van der Waals surface area contributed by atoms with Crippen LogP contribution in [0.5, 0.6) is 0 Å². The molecule has 0 aliphatic heterocycles. The highest BCUT2D eigenvalue weighted by atomic mass is 16.6. The van der Waals surface area contributed by atoms with E-state index in [1.54, 1.807) is 12.1 Å². The SMILES string of the molecule is COC(=O)/C=C(/C(=O)OC)C(=C(C#N)C#N)c1cccc([N+](=O)[O-])c1. The van der Waals surface area contributed by atoms with Crippen molar-refractivity contribution in [3.05, 3.63) is 57.2 Å². The first-order valence-corrected chi connectivity index (χ1v) is 6.57. The number of benzene rings is 1.